The summed E-state index contributed by atoms with van der Waals surface area (Å²) in [7, 11) is 0. The van der Waals surface area contributed by atoms with Crippen LogP contribution < -0.4 is 5.32 Å². The van der Waals surface area contributed by atoms with E-state index < -0.39 is 0 Å². The summed E-state index contributed by atoms with van der Waals surface area (Å²) >= 11 is 0. The first kappa shape index (κ1) is 6.58. The average molecular weight is 143 g/mol. The number of ether oxygens (including phenoxy) is 1. The molecule has 2 heterocycles. The molecule has 0 aromatic rings. The van der Waals surface area contributed by atoms with Gasteiger partial charge in [0.15, 0.2) is 0 Å². The Hall–Kier alpha value is -0.120. The van der Waals surface area contributed by atoms with Crippen LogP contribution in [0.2, 0.25) is 0 Å². The predicted octanol–water partition coefficient (Wildman–Crippen LogP) is -0.644. The van der Waals surface area contributed by atoms with Crippen LogP contribution in [-0.2, 0) is 4.74 Å². The first-order chi connectivity index (χ1) is 4.90. The highest BCUT2D eigenvalue weighted by molar-refractivity contribution is 4.89. The second-order valence-corrected chi connectivity index (χ2v) is 3.13. The summed E-state index contributed by atoms with van der Waals surface area (Å²) in [4.78, 5) is 0. The van der Waals surface area contributed by atoms with Crippen LogP contribution in [0, 0.1) is 5.92 Å². The Morgan fingerprint density at radius 2 is 2.40 bits per heavy atom. The Labute approximate surface area is 60.4 Å². The molecule has 2 saturated heterocycles. The third-order valence-electron chi connectivity index (χ3n) is 2.41. The van der Waals surface area contributed by atoms with Crippen LogP contribution in [0.5, 0.6) is 0 Å². The third-order valence-corrected chi connectivity index (χ3v) is 2.41. The average Bonchev–Trinajstić information content (AvgIpc) is 2.42. The topological polar surface area (TPSA) is 41.5 Å². The summed E-state index contributed by atoms with van der Waals surface area (Å²) in [6.45, 7) is 2.23. The van der Waals surface area contributed by atoms with Gasteiger partial charge in [-0.15, -0.1) is 0 Å². The predicted molar refractivity (Wildman–Crippen MR) is 36.7 cm³/mol. The van der Waals surface area contributed by atoms with Gasteiger partial charge >= 0.3 is 0 Å². The maximum absolute atomic E-state index is 8.78. The van der Waals surface area contributed by atoms with E-state index >= 15 is 0 Å². The molecule has 0 radical (unpaired) electrons. The quantitative estimate of drug-likeness (QED) is 0.513. The molecule has 0 aromatic heterocycles. The van der Waals surface area contributed by atoms with Gasteiger partial charge in [-0.1, -0.05) is 0 Å². The Bertz CT molecular complexity index is 117. The number of hydrogen-bond donors (Lipinski definition) is 2. The van der Waals surface area contributed by atoms with Crippen LogP contribution in [0.4, 0.5) is 0 Å². The van der Waals surface area contributed by atoms with Crippen molar-refractivity contribution >= 4 is 0 Å². The maximum atomic E-state index is 8.78. The molecule has 10 heavy (non-hydrogen) atoms. The van der Waals surface area contributed by atoms with Gasteiger partial charge in [-0.05, 0) is 6.42 Å². The van der Waals surface area contributed by atoms with E-state index in [1.54, 1.807) is 0 Å². The van der Waals surface area contributed by atoms with Crippen LogP contribution in [0.15, 0.2) is 0 Å². The van der Waals surface area contributed by atoms with Crippen molar-refractivity contribution in [3.8, 4) is 0 Å². The minimum absolute atomic E-state index is 0.122. The van der Waals surface area contributed by atoms with E-state index in [-0.39, 0.29) is 12.7 Å². The van der Waals surface area contributed by atoms with Crippen LogP contribution in [0.25, 0.3) is 0 Å². The molecule has 3 heteroatoms. The summed E-state index contributed by atoms with van der Waals surface area (Å²) in [5.41, 5.74) is 0. The minimum Gasteiger partial charge on any atom is -0.394 e. The van der Waals surface area contributed by atoms with E-state index in [0.29, 0.717) is 12.0 Å². The molecular weight excluding hydrogens is 130 g/mol. The lowest BCUT2D eigenvalue weighted by molar-refractivity contribution is 0.0145. The smallest absolute Gasteiger partial charge is 0.0814 e. The molecule has 0 unspecified atom stereocenters. The van der Waals surface area contributed by atoms with Crippen molar-refractivity contribution in [2.45, 2.75) is 18.6 Å². The minimum atomic E-state index is 0.122. The maximum Gasteiger partial charge on any atom is 0.0814 e. The fourth-order valence-electron chi connectivity index (χ4n) is 1.86. The van der Waals surface area contributed by atoms with Crippen molar-refractivity contribution in [2.24, 2.45) is 5.92 Å². The number of hydrogen-bond acceptors (Lipinski definition) is 3. The number of fused-ring (bicyclic) bond motifs is 1. The van der Waals surface area contributed by atoms with Crippen molar-refractivity contribution in [3.05, 3.63) is 0 Å². The van der Waals surface area contributed by atoms with Gasteiger partial charge in [-0.3, -0.25) is 0 Å². The van der Waals surface area contributed by atoms with Gasteiger partial charge in [0.2, 0.25) is 0 Å². The van der Waals surface area contributed by atoms with E-state index in [4.69, 9.17) is 9.84 Å². The van der Waals surface area contributed by atoms with Crippen LogP contribution in [-0.4, -0.2) is 37.0 Å². The number of nitrogens with one attached hydrogen (secondary N) is 1. The SMILES string of the molecule is OC[C@H]1C[C@H]2CNC[C@H]2O1. The molecule has 2 rings (SSSR count). The molecule has 2 aliphatic rings. The van der Waals surface area contributed by atoms with Crippen LogP contribution in [0.3, 0.4) is 0 Å². The summed E-state index contributed by atoms with van der Waals surface area (Å²) in [5.74, 6) is 0.664. The van der Waals surface area contributed by atoms with Crippen molar-refractivity contribution in [3.63, 3.8) is 0 Å². The fraction of sp³-hybridized carbons (Fsp3) is 1.00. The van der Waals surface area contributed by atoms with Gasteiger partial charge in [0, 0.05) is 19.0 Å². The molecule has 0 bridgehead atoms. The summed E-state index contributed by atoms with van der Waals surface area (Å²) < 4.78 is 5.52. The molecule has 3 atom stereocenters. The van der Waals surface area contributed by atoms with Gasteiger partial charge in [-0.2, -0.15) is 0 Å². The lowest BCUT2D eigenvalue weighted by Crippen LogP contribution is -2.20. The molecule has 0 aromatic carbocycles. The van der Waals surface area contributed by atoms with E-state index in [1.165, 1.54) is 0 Å². The zero-order valence-corrected chi connectivity index (χ0v) is 5.92. The molecular formula is C7H13NO2. The van der Waals surface area contributed by atoms with Crippen molar-refractivity contribution in [1.82, 2.24) is 5.32 Å². The molecule has 0 amide bonds. The summed E-state index contributed by atoms with van der Waals surface area (Å²) in [6, 6.07) is 0. The van der Waals surface area contributed by atoms with E-state index in [1.807, 2.05) is 0 Å². The molecule has 2 N–H and O–H groups in total. The molecule has 3 nitrogen and oxygen atoms in total. The molecule has 0 spiro atoms. The van der Waals surface area contributed by atoms with E-state index in [2.05, 4.69) is 5.32 Å². The molecule has 0 saturated carbocycles. The van der Waals surface area contributed by atoms with Gasteiger partial charge in [0.25, 0.3) is 0 Å². The fourth-order valence-corrected chi connectivity index (χ4v) is 1.86. The Morgan fingerprint density at radius 3 is 3.10 bits per heavy atom. The highest BCUT2D eigenvalue weighted by atomic mass is 16.5. The lowest BCUT2D eigenvalue weighted by atomic mass is 10.0. The Balaban J connectivity index is 1.94. The second kappa shape index (κ2) is 2.49. The number of aliphatic hydroxyl groups excluding tert-OH is 1. The summed E-state index contributed by atoms with van der Waals surface area (Å²) in [5, 5.41) is 12.0. The standard InChI is InChI=1S/C7H13NO2/c9-4-6-1-5-2-8-3-7(5)10-6/h5-9H,1-4H2/t5-,6+,7+/m0/s1. The normalized spacial score (nSPS) is 45.9. The van der Waals surface area contributed by atoms with Crippen molar-refractivity contribution in [1.29, 1.82) is 0 Å². The summed E-state index contributed by atoms with van der Waals surface area (Å²) in [6.07, 6.45) is 1.54. The second-order valence-electron chi connectivity index (χ2n) is 3.13. The zero-order valence-electron chi connectivity index (χ0n) is 5.92. The highest BCUT2D eigenvalue weighted by Crippen LogP contribution is 2.28. The van der Waals surface area contributed by atoms with Crippen LogP contribution >= 0.6 is 0 Å². The highest BCUT2D eigenvalue weighted by Gasteiger charge is 2.37. The molecule has 2 fully saturated rings. The third kappa shape index (κ3) is 0.944. The van der Waals surface area contributed by atoms with E-state index in [0.717, 1.165) is 19.5 Å². The Morgan fingerprint density at radius 1 is 1.50 bits per heavy atom. The van der Waals surface area contributed by atoms with Gasteiger partial charge in [0.05, 0.1) is 18.8 Å². The van der Waals surface area contributed by atoms with Crippen LogP contribution in [0.1, 0.15) is 6.42 Å². The molecule has 58 valence electrons. The van der Waals surface area contributed by atoms with Crippen molar-refractivity contribution < 1.29 is 9.84 Å². The van der Waals surface area contributed by atoms with E-state index in [9.17, 15) is 0 Å². The number of aliphatic hydroxyl groups is 1. The largest absolute Gasteiger partial charge is 0.394 e. The zero-order chi connectivity index (χ0) is 6.97. The van der Waals surface area contributed by atoms with Gasteiger partial charge < -0.3 is 15.2 Å². The first-order valence-corrected chi connectivity index (χ1v) is 3.87. The Kier molecular flexibility index (Phi) is 1.64. The monoisotopic (exact) mass is 143 g/mol. The number of rotatable bonds is 1. The first-order valence-electron chi connectivity index (χ1n) is 3.87. The van der Waals surface area contributed by atoms with Gasteiger partial charge in [-0.25, -0.2) is 0 Å². The molecule has 0 aliphatic carbocycles. The van der Waals surface area contributed by atoms with Crippen molar-refractivity contribution in [2.75, 3.05) is 19.7 Å². The molecule has 2 aliphatic heterocycles. The van der Waals surface area contributed by atoms with Gasteiger partial charge in [0.1, 0.15) is 0 Å². The lowest BCUT2D eigenvalue weighted by Gasteiger charge is -2.07.